The molecule has 10 heteroatoms. The zero-order valence-corrected chi connectivity index (χ0v) is 24.9. The third-order valence-electron chi connectivity index (χ3n) is 9.68. The first-order valence-corrected chi connectivity index (χ1v) is 15.4. The third-order valence-corrected chi connectivity index (χ3v) is 9.68. The van der Waals surface area contributed by atoms with E-state index in [2.05, 4.69) is 18.1 Å². The van der Waals surface area contributed by atoms with E-state index in [1.54, 1.807) is 15.9 Å². The molecule has 41 heavy (non-hydrogen) atoms. The Bertz CT molecular complexity index is 965. The highest BCUT2D eigenvalue weighted by Crippen LogP contribution is 2.64. The number of nitrogens with zero attached hydrogens (tertiary/aromatic N) is 3. The second-order valence-electron chi connectivity index (χ2n) is 11.8. The average Bonchev–Trinajstić information content (AvgIpc) is 3.60. The van der Waals surface area contributed by atoms with Crippen LogP contribution >= 0.6 is 0 Å². The molecule has 0 aliphatic carbocycles. The van der Waals surface area contributed by atoms with Crippen LogP contribution in [-0.4, -0.2) is 120 Å². The van der Waals surface area contributed by atoms with Crippen LogP contribution in [0.25, 0.3) is 0 Å². The van der Waals surface area contributed by atoms with Crippen molar-refractivity contribution in [2.24, 2.45) is 11.8 Å². The van der Waals surface area contributed by atoms with E-state index in [1.807, 2.05) is 19.9 Å². The molecule has 2 unspecified atom stereocenters. The number of esters is 1. The van der Waals surface area contributed by atoms with Crippen molar-refractivity contribution in [2.75, 3.05) is 59.2 Å². The summed E-state index contributed by atoms with van der Waals surface area (Å²) < 4.78 is 18.0. The summed E-state index contributed by atoms with van der Waals surface area (Å²) in [6.45, 7) is 15.9. The van der Waals surface area contributed by atoms with Crippen LogP contribution in [0.2, 0.25) is 0 Å². The van der Waals surface area contributed by atoms with E-state index in [4.69, 9.17) is 14.2 Å². The van der Waals surface area contributed by atoms with E-state index < -0.39 is 41.1 Å². The Morgan fingerprint density at radius 3 is 2.59 bits per heavy atom. The fraction of sp³-hybridized carbons (Fsp3) is 0.774. The van der Waals surface area contributed by atoms with Gasteiger partial charge in [0.15, 0.2) is 0 Å². The van der Waals surface area contributed by atoms with Gasteiger partial charge in [0.25, 0.3) is 0 Å². The maximum absolute atomic E-state index is 14.5. The van der Waals surface area contributed by atoms with Gasteiger partial charge in [0.2, 0.25) is 11.8 Å². The van der Waals surface area contributed by atoms with Crippen LogP contribution in [0.3, 0.4) is 0 Å². The van der Waals surface area contributed by atoms with Crippen molar-refractivity contribution < 1.29 is 33.7 Å². The number of unbranched alkanes of at least 4 members (excludes halogenated alkanes) is 2. The predicted molar refractivity (Wildman–Crippen MR) is 154 cm³/mol. The highest BCUT2D eigenvalue weighted by Gasteiger charge is 2.79. The van der Waals surface area contributed by atoms with E-state index in [1.165, 1.54) is 0 Å². The van der Waals surface area contributed by atoms with Gasteiger partial charge < -0.3 is 29.1 Å². The Balaban J connectivity index is 1.65. The molecule has 0 aromatic heterocycles. The number of ether oxygens (including phenoxy) is 3. The number of likely N-dealkylation sites (tertiary alicyclic amines) is 1. The van der Waals surface area contributed by atoms with Crippen LogP contribution in [0.1, 0.15) is 58.8 Å². The normalized spacial score (nSPS) is 31.6. The van der Waals surface area contributed by atoms with E-state index in [0.717, 1.165) is 25.9 Å². The quantitative estimate of drug-likeness (QED) is 0.170. The van der Waals surface area contributed by atoms with Gasteiger partial charge in [-0.3, -0.25) is 19.3 Å². The molecule has 4 aliphatic rings. The Morgan fingerprint density at radius 1 is 1.20 bits per heavy atom. The molecule has 6 atom stereocenters. The molecule has 2 bridgehead atoms. The van der Waals surface area contributed by atoms with Crippen LogP contribution in [0.5, 0.6) is 0 Å². The first-order chi connectivity index (χ1) is 19.8. The summed E-state index contributed by atoms with van der Waals surface area (Å²) in [5.74, 6) is -2.54. The molecule has 10 nitrogen and oxygen atoms in total. The first kappa shape index (κ1) is 31.7. The van der Waals surface area contributed by atoms with Crippen LogP contribution in [0, 0.1) is 11.8 Å². The summed E-state index contributed by atoms with van der Waals surface area (Å²) in [5.41, 5.74) is -1.99. The highest BCUT2D eigenvalue weighted by atomic mass is 16.6. The molecular formula is C31H49N3O7. The van der Waals surface area contributed by atoms with Gasteiger partial charge in [-0.25, -0.2) is 0 Å². The van der Waals surface area contributed by atoms with Gasteiger partial charge in [0, 0.05) is 32.7 Å². The third kappa shape index (κ3) is 5.85. The maximum Gasteiger partial charge on any atom is 0.312 e. The van der Waals surface area contributed by atoms with Crippen LogP contribution in [-0.2, 0) is 28.6 Å². The minimum atomic E-state index is -1.14. The Hall–Kier alpha value is -2.27. The molecule has 1 N–H and O–H groups in total. The molecule has 4 heterocycles. The summed E-state index contributed by atoms with van der Waals surface area (Å²) in [6.07, 6.45) is 8.05. The number of amides is 2. The molecule has 0 saturated carbocycles. The number of aliphatic hydroxyl groups excluding tert-OH is 1. The van der Waals surface area contributed by atoms with Crippen LogP contribution < -0.4 is 0 Å². The fourth-order valence-corrected chi connectivity index (χ4v) is 7.46. The van der Waals surface area contributed by atoms with E-state index in [9.17, 15) is 19.5 Å². The summed E-state index contributed by atoms with van der Waals surface area (Å²) >= 11 is 0. The molecule has 0 radical (unpaired) electrons. The van der Waals surface area contributed by atoms with Gasteiger partial charge >= 0.3 is 5.97 Å². The first-order valence-electron chi connectivity index (χ1n) is 15.4. The predicted octanol–water partition coefficient (Wildman–Crippen LogP) is 2.16. The number of hydrogen-bond donors (Lipinski definition) is 1. The number of morpholine rings is 1. The van der Waals surface area contributed by atoms with E-state index in [-0.39, 0.29) is 25.0 Å². The van der Waals surface area contributed by atoms with Gasteiger partial charge in [-0.1, -0.05) is 26.0 Å². The van der Waals surface area contributed by atoms with Crippen molar-refractivity contribution in [1.29, 1.82) is 0 Å². The number of hydrogen-bond acceptors (Lipinski definition) is 8. The number of rotatable bonds is 16. The molecule has 0 aromatic carbocycles. The number of carbonyl (C=O) groups excluding carboxylic acids is 3. The molecule has 4 aliphatic heterocycles. The molecule has 1 spiro atoms. The van der Waals surface area contributed by atoms with Crippen molar-refractivity contribution in [1.82, 2.24) is 14.7 Å². The molecule has 0 aromatic rings. The van der Waals surface area contributed by atoms with Crippen molar-refractivity contribution in [3.63, 3.8) is 0 Å². The lowest BCUT2D eigenvalue weighted by atomic mass is 9.65. The second-order valence-corrected chi connectivity index (χ2v) is 11.8. The number of carbonyl (C=O) groups is 3. The van der Waals surface area contributed by atoms with Crippen LogP contribution in [0.15, 0.2) is 25.3 Å². The van der Waals surface area contributed by atoms with E-state index >= 15 is 0 Å². The minimum Gasteiger partial charge on any atom is -0.465 e. The molecule has 230 valence electrons. The SMILES string of the molecule is C=CCCCCOC(=O)[C@H]1[C@H]2C(=O)N([C@@H](CC)CO)C(C(=O)N(CC=C)CCN3CCOCC3)C23CC[C@]1(CC)O3. The maximum atomic E-state index is 14.5. The van der Waals surface area contributed by atoms with Gasteiger partial charge in [0.1, 0.15) is 17.6 Å². The van der Waals surface area contributed by atoms with Crippen molar-refractivity contribution in [3.05, 3.63) is 25.3 Å². The lowest BCUT2D eigenvalue weighted by molar-refractivity contribution is -0.163. The van der Waals surface area contributed by atoms with Gasteiger partial charge in [-0.2, -0.15) is 0 Å². The number of aliphatic hydroxyl groups is 1. The summed E-state index contributed by atoms with van der Waals surface area (Å²) in [6, 6.07) is -1.49. The zero-order valence-electron chi connectivity index (χ0n) is 24.9. The average molecular weight is 576 g/mol. The minimum absolute atomic E-state index is 0.216. The largest absolute Gasteiger partial charge is 0.465 e. The van der Waals surface area contributed by atoms with Gasteiger partial charge in [-0.05, 0) is 44.9 Å². The Morgan fingerprint density at radius 2 is 1.95 bits per heavy atom. The van der Waals surface area contributed by atoms with Gasteiger partial charge in [0.05, 0.1) is 44.0 Å². The standard InChI is InChI=1S/C31H49N3O7/c1-5-9-10-11-19-40-29(38)25-24-27(36)34(23(7-3)22-35)26(31(24)13-12-30(25,8-4)41-31)28(37)33(14-6-2)16-15-32-17-20-39-21-18-32/h5-6,23-26,35H,1-2,7-22H2,3-4H3/t23-,24-,25+,26?,30-,31?/m0/s1. The second kappa shape index (κ2) is 13.8. The number of fused-ring (bicyclic) bond motifs is 1. The number of allylic oxidation sites excluding steroid dienone is 1. The monoisotopic (exact) mass is 575 g/mol. The zero-order chi connectivity index (χ0) is 29.6. The molecule has 4 fully saturated rings. The van der Waals surface area contributed by atoms with Crippen LogP contribution in [0.4, 0.5) is 0 Å². The summed E-state index contributed by atoms with van der Waals surface area (Å²) in [7, 11) is 0. The Labute approximate surface area is 244 Å². The lowest BCUT2D eigenvalue weighted by Gasteiger charge is -2.40. The van der Waals surface area contributed by atoms with Crippen molar-refractivity contribution in [2.45, 2.75) is 82.1 Å². The topological polar surface area (TPSA) is 109 Å². The fourth-order valence-electron chi connectivity index (χ4n) is 7.46. The molecule has 4 saturated heterocycles. The molecule has 2 amide bonds. The smallest absolute Gasteiger partial charge is 0.312 e. The summed E-state index contributed by atoms with van der Waals surface area (Å²) in [4.78, 5) is 48.1. The highest BCUT2D eigenvalue weighted by molar-refractivity contribution is 5.98. The van der Waals surface area contributed by atoms with Gasteiger partial charge in [-0.15, -0.1) is 13.2 Å². The lowest BCUT2D eigenvalue weighted by Crippen LogP contribution is -2.59. The summed E-state index contributed by atoms with van der Waals surface area (Å²) in [5, 5.41) is 10.3. The molecule has 4 rings (SSSR count). The Kier molecular flexibility index (Phi) is 10.7. The van der Waals surface area contributed by atoms with Crippen molar-refractivity contribution >= 4 is 17.8 Å². The molecular weight excluding hydrogens is 526 g/mol. The van der Waals surface area contributed by atoms with Crippen molar-refractivity contribution in [3.8, 4) is 0 Å². The van der Waals surface area contributed by atoms with E-state index in [0.29, 0.717) is 65.0 Å².